The molecule has 192 valence electrons. The number of Topliss-reactive ketones (excluding diaryl/α,β-unsaturated/α-hetero) is 1. The van der Waals surface area contributed by atoms with Crippen molar-refractivity contribution in [2.45, 2.75) is 118 Å². The van der Waals surface area contributed by atoms with Gasteiger partial charge in [0.2, 0.25) is 0 Å². The van der Waals surface area contributed by atoms with Crippen molar-refractivity contribution in [1.29, 1.82) is 0 Å². The van der Waals surface area contributed by atoms with Crippen LogP contribution in [0.5, 0.6) is 0 Å². The van der Waals surface area contributed by atoms with Crippen LogP contribution in [0, 0.1) is 58.2 Å². The zero-order valence-corrected chi connectivity index (χ0v) is 22.6. The summed E-state index contributed by atoms with van der Waals surface area (Å²) in [5, 5.41) is 0. The second-order valence-electron chi connectivity index (χ2n) is 13.9. The maximum atomic E-state index is 13.6. The Balaban J connectivity index is 1.31. The average molecular weight is 473 g/mol. The molecule has 0 unspecified atom stereocenters. The first kappa shape index (κ1) is 24.8. The maximum absolute atomic E-state index is 13.6. The standard InChI is InChI=1S/C30H48O4/c1-16(2)17(3)27-28(34-27)18(4)22-8-9-23-21-15-26(32)25-14-20(33-19(5)31)10-12-30(25,7)24(21)11-13-29(22,23)6/h16-18,20-25,27-28H,8-15H2,1-7H3/t17-,18+,20+,21+,22-,23+,24+,25-,27+,28+,29-,30-/m1/s1. The van der Waals surface area contributed by atoms with Gasteiger partial charge in [-0.1, -0.05) is 41.5 Å². The lowest BCUT2D eigenvalue weighted by Crippen LogP contribution is -2.57. The lowest BCUT2D eigenvalue weighted by atomic mass is 9.44. The third-order valence-electron chi connectivity index (χ3n) is 12.1. The number of ether oxygens (including phenoxy) is 2. The van der Waals surface area contributed by atoms with E-state index in [-0.39, 0.29) is 23.4 Å². The number of esters is 1. The number of epoxide rings is 1. The predicted octanol–water partition coefficient (Wildman–Crippen LogP) is 6.45. The molecule has 34 heavy (non-hydrogen) atoms. The highest BCUT2D eigenvalue weighted by Gasteiger charge is 2.64. The maximum Gasteiger partial charge on any atom is 0.302 e. The molecule has 0 spiro atoms. The fourth-order valence-electron chi connectivity index (χ4n) is 9.84. The summed E-state index contributed by atoms with van der Waals surface area (Å²) in [7, 11) is 0. The molecule has 1 heterocycles. The monoisotopic (exact) mass is 472 g/mol. The number of hydrogen-bond acceptors (Lipinski definition) is 4. The molecular formula is C30H48O4. The Morgan fingerprint density at radius 2 is 1.65 bits per heavy atom. The molecule has 0 aromatic rings. The molecule has 4 aliphatic carbocycles. The van der Waals surface area contributed by atoms with E-state index in [0.29, 0.717) is 64.8 Å². The van der Waals surface area contributed by atoms with E-state index in [0.717, 1.165) is 25.7 Å². The van der Waals surface area contributed by atoms with Crippen molar-refractivity contribution in [2.24, 2.45) is 58.2 Å². The van der Waals surface area contributed by atoms with Gasteiger partial charge in [-0.15, -0.1) is 0 Å². The first-order valence-electron chi connectivity index (χ1n) is 14.3. The van der Waals surface area contributed by atoms with E-state index < -0.39 is 0 Å². The lowest BCUT2D eigenvalue weighted by Gasteiger charge is -2.60. The quantitative estimate of drug-likeness (QED) is 0.341. The van der Waals surface area contributed by atoms with Crippen LogP contribution in [0.2, 0.25) is 0 Å². The number of fused-ring (bicyclic) bond motifs is 5. The Hall–Kier alpha value is -0.900. The van der Waals surface area contributed by atoms with Gasteiger partial charge in [0.15, 0.2) is 0 Å². The number of carbonyl (C=O) groups is 2. The molecule has 0 aromatic heterocycles. The number of rotatable bonds is 5. The first-order chi connectivity index (χ1) is 16.0. The van der Waals surface area contributed by atoms with Crippen LogP contribution in [0.1, 0.15) is 99.8 Å². The molecular weight excluding hydrogens is 424 g/mol. The minimum absolute atomic E-state index is 0.0682. The summed E-state index contributed by atoms with van der Waals surface area (Å²) in [5.74, 6) is 4.80. The van der Waals surface area contributed by atoms with E-state index in [9.17, 15) is 9.59 Å². The summed E-state index contributed by atoms with van der Waals surface area (Å²) < 4.78 is 11.9. The molecule has 1 aliphatic heterocycles. The molecule has 0 aromatic carbocycles. The zero-order chi connectivity index (χ0) is 24.6. The van der Waals surface area contributed by atoms with Crippen molar-refractivity contribution >= 4 is 11.8 Å². The van der Waals surface area contributed by atoms with Crippen LogP contribution in [0.4, 0.5) is 0 Å². The summed E-state index contributed by atoms with van der Waals surface area (Å²) >= 11 is 0. The summed E-state index contributed by atoms with van der Waals surface area (Å²) in [6.07, 6.45) is 9.40. The highest BCUT2D eigenvalue weighted by Crippen LogP contribution is 2.68. The topological polar surface area (TPSA) is 55.9 Å². The second kappa shape index (κ2) is 8.60. The second-order valence-corrected chi connectivity index (χ2v) is 13.9. The van der Waals surface area contributed by atoms with E-state index in [4.69, 9.17) is 9.47 Å². The fraction of sp³-hybridized carbons (Fsp3) is 0.933. The summed E-state index contributed by atoms with van der Waals surface area (Å²) in [5.41, 5.74) is 0.426. The van der Waals surface area contributed by atoms with Crippen LogP contribution in [-0.4, -0.2) is 30.1 Å². The van der Waals surface area contributed by atoms with Crippen molar-refractivity contribution in [3.63, 3.8) is 0 Å². The molecule has 12 atom stereocenters. The van der Waals surface area contributed by atoms with E-state index in [1.54, 1.807) is 0 Å². The van der Waals surface area contributed by atoms with E-state index >= 15 is 0 Å². The van der Waals surface area contributed by atoms with Crippen LogP contribution in [0.3, 0.4) is 0 Å². The van der Waals surface area contributed by atoms with E-state index in [1.165, 1.54) is 32.6 Å². The third-order valence-corrected chi connectivity index (χ3v) is 12.1. The van der Waals surface area contributed by atoms with E-state index in [2.05, 4.69) is 41.5 Å². The van der Waals surface area contributed by atoms with Crippen molar-refractivity contribution in [3.8, 4) is 0 Å². The van der Waals surface area contributed by atoms with Gasteiger partial charge in [-0.3, -0.25) is 9.59 Å². The summed E-state index contributed by atoms with van der Waals surface area (Å²) in [6.45, 7) is 15.9. The molecule has 4 nitrogen and oxygen atoms in total. The molecule has 0 N–H and O–H groups in total. The van der Waals surface area contributed by atoms with Gasteiger partial charge in [-0.2, -0.15) is 0 Å². The van der Waals surface area contributed by atoms with Crippen LogP contribution >= 0.6 is 0 Å². The van der Waals surface area contributed by atoms with Gasteiger partial charge in [-0.05, 0) is 97.2 Å². The molecule has 1 saturated heterocycles. The van der Waals surface area contributed by atoms with Crippen LogP contribution in [0.25, 0.3) is 0 Å². The fourth-order valence-corrected chi connectivity index (χ4v) is 9.84. The van der Waals surface area contributed by atoms with Crippen LogP contribution < -0.4 is 0 Å². The van der Waals surface area contributed by atoms with Gasteiger partial charge in [0.25, 0.3) is 0 Å². The SMILES string of the molecule is CC(=O)O[C@H]1CC[C@@]2(C)[C@H](C1)C(=O)C[C@@H]1[C@@H]2CC[C@]2(C)[C@@H]([C@H](C)[C@@H]3O[C@H]3[C@H](C)C(C)C)CC[C@@H]12. The van der Waals surface area contributed by atoms with E-state index in [1.807, 2.05) is 0 Å². The van der Waals surface area contributed by atoms with Crippen molar-refractivity contribution in [1.82, 2.24) is 0 Å². The van der Waals surface area contributed by atoms with Crippen LogP contribution in [-0.2, 0) is 19.1 Å². The Bertz CT molecular complexity index is 821. The highest BCUT2D eigenvalue weighted by atomic mass is 16.6. The van der Waals surface area contributed by atoms with Crippen molar-refractivity contribution in [2.75, 3.05) is 0 Å². The average Bonchev–Trinajstić information content (AvgIpc) is 3.48. The lowest BCUT2D eigenvalue weighted by molar-refractivity contribution is -0.169. The van der Waals surface area contributed by atoms with Gasteiger partial charge in [0.1, 0.15) is 11.9 Å². The third kappa shape index (κ3) is 3.80. The molecule has 0 amide bonds. The predicted molar refractivity (Wildman–Crippen MR) is 133 cm³/mol. The summed E-state index contributed by atoms with van der Waals surface area (Å²) in [6, 6.07) is 0. The molecule has 0 bridgehead atoms. The summed E-state index contributed by atoms with van der Waals surface area (Å²) in [4.78, 5) is 25.1. The Labute approximate surface area is 207 Å². The number of ketones is 1. The van der Waals surface area contributed by atoms with Gasteiger partial charge in [-0.25, -0.2) is 0 Å². The first-order valence-corrected chi connectivity index (χ1v) is 14.3. The minimum Gasteiger partial charge on any atom is -0.463 e. The van der Waals surface area contributed by atoms with Crippen LogP contribution in [0.15, 0.2) is 0 Å². The molecule has 0 radical (unpaired) electrons. The molecule has 5 fully saturated rings. The smallest absolute Gasteiger partial charge is 0.302 e. The van der Waals surface area contributed by atoms with Crippen molar-refractivity contribution in [3.05, 3.63) is 0 Å². The largest absolute Gasteiger partial charge is 0.463 e. The van der Waals surface area contributed by atoms with Gasteiger partial charge < -0.3 is 9.47 Å². The van der Waals surface area contributed by atoms with Gasteiger partial charge in [0, 0.05) is 19.3 Å². The van der Waals surface area contributed by atoms with Gasteiger partial charge >= 0.3 is 5.97 Å². The minimum atomic E-state index is -0.209. The molecule has 5 aliphatic rings. The molecule has 4 saturated carbocycles. The number of carbonyl (C=O) groups excluding carboxylic acids is 2. The molecule has 5 rings (SSSR count). The zero-order valence-electron chi connectivity index (χ0n) is 22.6. The van der Waals surface area contributed by atoms with Crippen molar-refractivity contribution < 1.29 is 19.1 Å². The normalized spacial score (nSPS) is 49.6. The Morgan fingerprint density at radius 1 is 0.971 bits per heavy atom. The number of hydrogen-bond donors (Lipinski definition) is 0. The van der Waals surface area contributed by atoms with Gasteiger partial charge in [0.05, 0.1) is 12.2 Å². The Kier molecular flexibility index (Phi) is 6.26. The highest BCUT2D eigenvalue weighted by molar-refractivity contribution is 5.83. The Morgan fingerprint density at radius 3 is 2.32 bits per heavy atom. The molecule has 4 heteroatoms.